The molecule has 0 unspecified atom stereocenters. The third-order valence-corrected chi connectivity index (χ3v) is 3.78. The molecule has 2 heterocycles. The number of anilines is 2. The van der Waals surface area contributed by atoms with Crippen LogP contribution in [0.15, 0.2) is 30.3 Å². The molecule has 7 heteroatoms. The topological polar surface area (TPSA) is 94.3 Å². The predicted molar refractivity (Wildman–Crippen MR) is 91.7 cm³/mol. The van der Waals surface area contributed by atoms with E-state index in [-0.39, 0.29) is 28.7 Å². The fraction of sp³-hybridized carbons (Fsp3) is 0.235. The Bertz CT molecular complexity index is 829. The molecule has 3 rings (SSSR count). The van der Waals surface area contributed by atoms with Crippen molar-refractivity contribution in [1.29, 1.82) is 0 Å². The molecule has 1 amide bonds. The van der Waals surface area contributed by atoms with Gasteiger partial charge in [0.1, 0.15) is 22.3 Å². The quantitative estimate of drug-likeness (QED) is 0.814. The van der Waals surface area contributed by atoms with Gasteiger partial charge in [-0.3, -0.25) is 9.59 Å². The second-order valence-electron chi connectivity index (χ2n) is 6.23. The van der Waals surface area contributed by atoms with Crippen molar-refractivity contribution in [2.45, 2.75) is 25.9 Å². The van der Waals surface area contributed by atoms with Crippen LogP contribution in [0.3, 0.4) is 0 Å². The minimum absolute atomic E-state index is 0.0199. The average Bonchev–Trinajstić information content (AvgIpc) is 2.46. The SMILES string of the molecule is CC1(C)CC(=O)c2cc(NC(=O)c3cc(N)nc(Cl)c3)ccc2O1. The summed E-state index contributed by atoms with van der Waals surface area (Å²) < 4.78 is 5.79. The van der Waals surface area contributed by atoms with Crippen LogP contribution in [0.5, 0.6) is 5.75 Å². The Labute approximate surface area is 144 Å². The zero-order valence-electron chi connectivity index (χ0n) is 13.2. The van der Waals surface area contributed by atoms with Crippen LogP contribution in [0, 0.1) is 0 Å². The minimum Gasteiger partial charge on any atom is -0.487 e. The van der Waals surface area contributed by atoms with Gasteiger partial charge in [0.2, 0.25) is 0 Å². The summed E-state index contributed by atoms with van der Waals surface area (Å²) in [5.74, 6) is 0.262. The van der Waals surface area contributed by atoms with Crippen LogP contribution in [-0.2, 0) is 0 Å². The number of halogens is 1. The van der Waals surface area contributed by atoms with Gasteiger partial charge in [-0.05, 0) is 44.2 Å². The molecule has 6 nitrogen and oxygen atoms in total. The number of nitrogens with zero attached hydrogens (tertiary/aromatic N) is 1. The molecule has 1 aromatic heterocycles. The molecule has 0 aliphatic carbocycles. The summed E-state index contributed by atoms with van der Waals surface area (Å²) in [6, 6.07) is 7.81. The summed E-state index contributed by atoms with van der Waals surface area (Å²) in [5, 5.41) is 2.85. The first-order chi connectivity index (χ1) is 11.2. The lowest BCUT2D eigenvalue weighted by Crippen LogP contribution is -2.35. The van der Waals surface area contributed by atoms with E-state index in [9.17, 15) is 9.59 Å². The highest BCUT2D eigenvalue weighted by atomic mass is 35.5. The highest BCUT2D eigenvalue weighted by Crippen LogP contribution is 2.34. The predicted octanol–water partition coefficient (Wildman–Crippen LogP) is 3.31. The number of pyridine rings is 1. The van der Waals surface area contributed by atoms with Gasteiger partial charge in [0.05, 0.1) is 12.0 Å². The maximum Gasteiger partial charge on any atom is 0.255 e. The van der Waals surface area contributed by atoms with Gasteiger partial charge in [0, 0.05) is 11.3 Å². The van der Waals surface area contributed by atoms with E-state index < -0.39 is 11.5 Å². The summed E-state index contributed by atoms with van der Waals surface area (Å²) in [4.78, 5) is 28.4. The molecule has 2 aromatic rings. The highest BCUT2D eigenvalue weighted by molar-refractivity contribution is 6.30. The van der Waals surface area contributed by atoms with Crippen molar-refractivity contribution >= 4 is 34.8 Å². The standard InChI is InChI=1S/C17H16ClN3O3/c1-17(2)8-12(22)11-7-10(3-4-13(11)24-17)20-16(23)9-5-14(18)21-15(19)6-9/h3-7H,8H2,1-2H3,(H2,19,21)(H,20,23). The first kappa shape index (κ1) is 16.3. The van der Waals surface area contributed by atoms with Crippen molar-refractivity contribution in [3.8, 4) is 5.75 Å². The number of Topliss-reactive ketones (excluding diaryl/α,β-unsaturated/α-hetero) is 1. The molecule has 1 aliphatic rings. The van der Waals surface area contributed by atoms with Gasteiger partial charge in [-0.15, -0.1) is 0 Å². The smallest absolute Gasteiger partial charge is 0.255 e. The van der Waals surface area contributed by atoms with E-state index in [1.54, 1.807) is 18.2 Å². The van der Waals surface area contributed by atoms with Crippen LogP contribution in [0.1, 0.15) is 41.0 Å². The number of carbonyl (C=O) groups excluding carboxylic acids is 2. The van der Waals surface area contributed by atoms with E-state index in [1.165, 1.54) is 12.1 Å². The Balaban J connectivity index is 1.85. The normalized spacial score (nSPS) is 15.4. The first-order valence-corrected chi connectivity index (χ1v) is 7.72. The molecule has 24 heavy (non-hydrogen) atoms. The van der Waals surface area contributed by atoms with E-state index in [1.807, 2.05) is 13.8 Å². The van der Waals surface area contributed by atoms with Crippen molar-refractivity contribution in [3.63, 3.8) is 0 Å². The molecule has 0 saturated carbocycles. The highest BCUT2D eigenvalue weighted by Gasteiger charge is 2.32. The molecular weight excluding hydrogens is 330 g/mol. The minimum atomic E-state index is -0.528. The molecule has 0 bridgehead atoms. The number of ether oxygens (including phenoxy) is 1. The van der Waals surface area contributed by atoms with E-state index in [0.717, 1.165) is 0 Å². The van der Waals surface area contributed by atoms with Gasteiger partial charge < -0.3 is 15.8 Å². The van der Waals surface area contributed by atoms with Gasteiger partial charge in [0.15, 0.2) is 5.78 Å². The summed E-state index contributed by atoms with van der Waals surface area (Å²) >= 11 is 5.81. The van der Waals surface area contributed by atoms with Crippen LogP contribution in [-0.4, -0.2) is 22.3 Å². The number of amides is 1. The Morgan fingerprint density at radius 3 is 2.79 bits per heavy atom. The molecular formula is C17H16ClN3O3. The maximum absolute atomic E-state index is 12.3. The number of benzene rings is 1. The Morgan fingerprint density at radius 1 is 1.33 bits per heavy atom. The number of rotatable bonds is 2. The van der Waals surface area contributed by atoms with Crippen LogP contribution in [0.2, 0.25) is 5.15 Å². The molecule has 0 saturated heterocycles. The van der Waals surface area contributed by atoms with E-state index >= 15 is 0 Å². The number of fused-ring (bicyclic) bond motifs is 1. The third kappa shape index (κ3) is 3.33. The largest absolute Gasteiger partial charge is 0.487 e. The van der Waals surface area contributed by atoms with E-state index in [0.29, 0.717) is 17.0 Å². The number of hydrogen-bond donors (Lipinski definition) is 2. The van der Waals surface area contributed by atoms with Crippen molar-refractivity contribution in [1.82, 2.24) is 4.98 Å². The lowest BCUT2D eigenvalue weighted by Gasteiger charge is -2.31. The number of ketones is 1. The molecule has 1 aliphatic heterocycles. The zero-order chi connectivity index (χ0) is 17.5. The number of nitrogen functional groups attached to an aromatic ring is 1. The monoisotopic (exact) mass is 345 g/mol. The van der Waals surface area contributed by atoms with Gasteiger partial charge in [-0.1, -0.05) is 11.6 Å². The maximum atomic E-state index is 12.3. The Hall–Kier alpha value is -2.60. The lowest BCUT2D eigenvalue weighted by molar-refractivity contribution is 0.0620. The summed E-state index contributed by atoms with van der Waals surface area (Å²) in [7, 11) is 0. The van der Waals surface area contributed by atoms with Crippen molar-refractivity contribution in [2.75, 3.05) is 11.1 Å². The molecule has 1 aromatic carbocycles. The van der Waals surface area contributed by atoms with E-state index in [2.05, 4.69) is 10.3 Å². The van der Waals surface area contributed by atoms with Crippen LogP contribution >= 0.6 is 11.6 Å². The number of aromatic nitrogens is 1. The van der Waals surface area contributed by atoms with Gasteiger partial charge in [0.25, 0.3) is 5.91 Å². The molecule has 3 N–H and O–H groups in total. The van der Waals surface area contributed by atoms with Crippen molar-refractivity contribution in [2.24, 2.45) is 0 Å². The van der Waals surface area contributed by atoms with Gasteiger partial charge in [-0.2, -0.15) is 0 Å². The summed E-state index contributed by atoms with van der Waals surface area (Å²) in [6.07, 6.45) is 0.286. The van der Waals surface area contributed by atoms with Crippen LogP contribution < -0.4 is 15.8 Å². The number of carbonyl (C=O) groups is 2. The molecule has 0 spiro atoms. The fourth-order valence-electron chi connectivity index (χ4n) is 2.58. The average molecular weight is 346 g/mol. The lowest BCUT2D eigenvalue weighted by atomic mass is 9.93. The molecule has 0 fully saturated rings. The summed E-state index contributed by atoms with van der Waals surface area (Å²) in [5.41, 5.74) is 6.29. The second-order valence-corrected chi connectivity index (χ2v) is 6.62. The summed E-state index contributed by atoms with van der Waals surface area (Å²) in [6.45, 7) is 3.72. The molecule has 124 valence electrons. The third-order valence-electron chi connectivity index (χ3n) is 3.59. The second kappa shape index (κ2) is 5.79. The number of hydrogen-bond acceptors (Lipinski definition) is 5. The van der Waals surface area contributed by atoms with Gasteiger partial charge >= 0.3 is 0 Å². The zero-order valence-corrected chi connectivity index (χ0v) is 14.0. The fourth-order valence-corrected chi connectivity index (χ4v) is 2.80. The van der Waals surface area contributed by atoms with Crippen LogP contribution in [0.25, 0.3) is 0 Å². The van der Waals surface area contributed by atoms with Crippen LogP contribution in [0.4, 0.5) is 11.5 Å². The Morgan fingerprint density at radius 2 is 2.08 bits per heavy atom. The number of nitrogens with one attached hydrogen (secondary N) is 1. The number of nitrogens with two attached hydrogens (primary N) is 1. The molecule has 0 atom stereocenters. The Kier molecular flexibility index (Phi) is 3.93. The van der Waals surface area contributed by atoms with Crippen molar-refractivity contribution < 1.29 is 14.3 Å². The molecule has 0 radical (unpaired) electrons. The first-order valence-electron chi connectivity index (χ1n) is 7.34. The van der Waals surface area contributed by atoms with Gasteiger partial charge in [-0.25, -0.2) is 4.98 Å². The van der Waals surface area contributed by atoms with E-state index in [4.69, 9.17) is 22.1 Å². The van der Waals surface area contributed by atoms with Crippen molar-refractivity contribution in [3.05, 3.63) is 46.6 Å².